The molecule has 0 aromatic carbocycles. The van der Waals surface area contributed by atoms with Gasteiger partial charge in [0, 0.05) is 0 Å². The molecule has 9 nitrogen and oxygen atoms in total. The molecule has 1 fully saturated rings. The summed E-state index contributed by atoms with van der Waals surface area (Å²) in [5.41, 5.74) is 2.02. The molecular formula is C29H41ClN6O3Sn. The Balaban J connectivity index is 1.92. The van der Waals surface area contributed by atoms with E-state index in [0.29, 0.717) is 41.5 Å². The van der Waals surface area contributed by atoms with Gasteiger partial charge >= 0.3 is 226 Å². The Morgan fingerprint density at radius 2 is 1.85 bits per heavy atom. The van der Waals surface area contributed by atoms with E-state index in [9.17, 15) is 9.59 Å². The molecule has 0 N–H and O–H groups in total. The molecule has 0 saturated carbocycles. The second kappa shape index (κ2) is 11.1. The van der Waals surface area contributed by atoms with Crippen molar-refractivity contribution in [2.45, 2.75) is 80.8 Å². The number of pyridine rings is 2. The Labute approximate surface area is 245 Å². The minimum absolute atomic E-state index is 0.0889. The number of nitrogens with zero attached hydrogens (tertiary/aromatic N) is 6. The zero-order valence-electron chi connectivity index (χ0n) is 25.3. The van der Waals surface area contributed by atoms with E-state index < -0.39 is 29.7 Å². The average Bonchev–Trinajstić information content (AvgIpc) is 2.82. The number of carbonyl (C=O) groups is 1. The summed E-state index contributed by atoms with van der Waals surface area (Å²) < 4.78 is 8.12. The molecular weight excluding hydrogens is 635 g/mol. The number of carbonyl (C=O) groups excluding carboxylic acids is 1. The van der Waals surface area contributed by atoms with Gasteiger partial charge in [-0.25, -0.2) is 0 Å². The quantitative estimate of drug-likeness (QED) is 0.349. The molecule has 216 valence electrons. The fourth-order valence-corrected chi connectivity index (χ4v) is 10.7. The zero-order valence-corrected chi connectivity index (χ0v) is 28.9. The summed E-state index contributed by atoms with van der Waals surface area (Å²) in [6.45, 7) is 15.1. The molecule has 1 amide bonds. The number of fused-ring (bicyclic) bond motifs is 1. The van der Waals surface area contributed by atoms with E-state index in [1.807, 2.05) is 46.8 Å². The van der Waals surface area contributed by atoms with Gasteiger partial charge in [0.25, 0.3) is 0 Å². The number of piperazine rings is 1. The molecule has 4 rings (SSSR count). The van der Waals surface area contributed by atoms with Crippen LogP contribution in [0.2, 0.25) is 19.8 Å². The molecule has 0 bridgehead atoms. The topological polar surface area (TPSA) is 93.5 Å². The van der Waals surface area contributed by atoms with Gasteiger partial charge in [-0.05, 0) is 20.8 Å². The second-order valence-electron chi connectivity index (χ2n) is 13.0. The summed E-state index contributed by atoms with van der Waals surface area (Å²) in [6, 6.07) is 3.72. The first-order chi connectivity index (χ1) is 18.5. The predicted molar refractivity (Wildman–Crippen MR) is 164 cm³/mol. The van der Waals surface area contributed by atoms with E-state index in [2.05, 4.69) is 43.5 Å². The molecule has 40 heavy (non-hydrogen) atoms. The Hall–Kier alpha value is -2.40. The summed E-state index contributed by atoms with van der Waals surface area (Å²) in [7, 11) is 0. The van der Waals surface area contributed by atoms with Gasteiger partial charge in [0.15, 0.2) is 0 Å². The van der Waals surface area contributed by atoms with Crippen LogP contribution in [0.25, 0.3) is 16.7 Å². The van der Waals surface area contributed by atoms with Crippen molar-refractivity contribution in [3.05, 3.63) is 45.1 Å². The molecule has 1 aliphatic rings. The molecule has 0 aliphatic carbocycles. The third-order valence-corrected chi connectivity index (χ3v) is 12.9. The normalized spacial score (nSPS) is 16.6. The number of rotatable bonds is 4. The van der Waals surface area contributed by atoms with Gasteiger partial charge in [-0.3, -0.25) is 0 Å². The number of aromatic nitrogens is 4. The predicted octanol–water partition coefficient (Wildman–Crippen LogP) is 5.25. The number of hydrogen-bond donors (Lipinski definition) is 0. The Morgan fingerprint density at radius 1 is 1.18 bits per heavy atom. The number of halogens is 1. The summed E-state index contributed by atoms with van der Waals surface area (Å²) in [5, 5.41) is 1.32. The van der Waals surface area contributed by atoms with Gasteiger partial charge < -0.3 is 0 Å². The summed E-state index contributed by atoms with van der Waals surface area (Å²) in [6.07, 6.45) is 1.43. The molecule has 4 heterocycles. The molecule has 3 aromatic rings. The van der Waals surface area contributed by atoms with Crippen molar-refractivity contribution in [1.82, 2.24) is 24.4 Å². The third kappa shape index (κ3) is 6.10. The molecule has 0 spiro atoms. The van der Waals surface area contributed by atoms with Crippen LogP contribution >= 0.6 is 11.6 Å². The van der Waals surface area contributed by atoms with Crippen LogP contribution in [0.15, 0.2) is 23.1 Å². The summed E-state index contributed by atoms with van der Waals surface area (Å²) in [5.74, 6) is 0.622. The molecule has 1 unspecified atom stereocenters. The van der Waals surface area contributed by atoms with Crippen molar-refractivity contribution < 1.29 is 9.53 Å². The van der Waals surface area contributed by atoms with Crippen LogP contribution in [-0.2, 0) is 4.74 Å². The van der Waals surface area contributed by atoms with Crippen LogP contribution in [0.1, 0.15) is 58.7 Å². The Kier molecular flexibility index (Phi) is 8.49. The van der Waals surface area contributed by atoms with Crippen LogP contribution in [0, 0.1) is 6.92 Å². The van der Waals surface area contributed by atoms with Crippen molar-refractivity contribution in [2.24, 2.45) is 0 Å². The first kappa shape index (κ1) is 30.6. The van der Waals surface area contributed by atoms with Crippen LogP contribution in [0.5, 0.6) is 0 Å². The standard InChI is InChI=1S/C26H32ClN6O3.3CH3.Sn/c1-15(2)20-21(16(3)8-9-28-20)33-22-19(12-18(27)13-29-22)23(30-24(33)34)32-11-10-31(14-17(32)4)25(35)36-26(5,6)7;;;;/h8-9,12,15,17H,10-11,14H2,1-7H3;3*1H3;. The molecule has 1 atom stereocenters. The van der Waals surface area contributed by atoms with E-state index in [-0.39, 0.29) is 18.1 Å². The third-order valence-electron chi connectivity index (χ3n) is 6.99. The SMILES string of the molecule is Cc1ccnc(C(C)C)c1-n1c(=O)nc(N2CCN(C(=O)OC(C)(C)C)CC2C)c2cc(Cl)[c]([Sn]([CH3])([CH3])[CH3])nc21. The van der Waals surface area contributed by atoms with Gasteiger partial charge in [0.05, 0.1) is 0 Å². The van der Waals surface area contributed by atoms with Gasteiger partial charge in [-0.2, -0.15) is 0 Å². The van der Waals surface area contributed by atoms with E-state index in [1.165, 1.54) is 0 Å². The van der Waals surface area contributed by atoms with E-state index in [1.54, 1.807) is 15.7 Å². The monoisotopic (exact) mass is 676 g/mol. The van der Waals surface area contributed by atoms with E-state index in [0.717, 1.165) is 20.7 Å². The number of ether oxygens (including phenoxy) is 1. The van der Waals surface area contributed by atoms with E-state index in [4.69, 9.17) is 21.3 Å². The molecule has 11 heteroatoms. The van der Waals surface area contributed by atoms with Crippen molar-refractivity contribution in [2.75, 3.05) is 24.5 Å². The average molecular weight is 676 g/mol. The first-order valence-corrected chi connectivity index (χ1v) is 24.2. The van der Waals surface area contributed by atoms with E-state index >= 15 is 0 Å². The molecule has 1 aliphatic heterocycles. The number of amides is 1. The Morgan fingerprint density at radius 3 is 2.42 bits per heavy atom. The molecule has 0 radical (unpaired) electrons. The Bertz CT molecular complexity index is 1510. The van der Waals surface area contributed by atoms with Gasteiger partial charge in [0.1, 0.15) is 0 Å². The van der Waals surface area contributed by atoms with Crippen molar-refractivity contribution in [3.8, 4) is 5.69 Å². The van der Waals surface area contributed by atoms with Crippen LogP contribution < -0.4 is 14.3 Å². The first-order valence-electron chi connectivity index (χ1n) is 13.8. The maximum atomic E-state index is 14.0. The zero-order chi connectivity index (χ0) is 29.7. The minimum atomic E-state index is -2.79. The molecule has 3 aromatic heterocycles. The summed E-state index contributed by atoms with van der Waals surface area (Å²) in [4.78, 5) is 51.7. The number of aryl methyl sites for hydroxylation is 1. The van der Waals surface area contributed by atoms with Crippen LogP contribution in [0.4, 0.5) is 10.6 Å². The number of hydrogen-bond acceptors (Lipinski definition) is 7. The van der Waals surface area contributed by atoms with Crippen LogP contribution in [-0.4, -0.2) is 80.2 Å². The number of anilines is 1. The van der Waals surface area contributed by atoms with Gasteiger partial charge in [0.2, 0.25) is 0 Å². The van der Waals surface area contributed by atoms with Crippen molar-refractivity contribution in [1.29, 1.82) is 0 Å². The van der Waals surface area contributed by atoms with Crippen molar-refractivity contribution in [3.63, 3.8) is 0 Å². The maximum absolute atomic E-state index is 14.0. The van der Waals surface area contributed by atoms with Gasteiger partial charge in [-0.1, -0.05) is 0 Å². The van der Waals surface area contributed by atoms with Crippen molar-refractivity contribution >= 4 is 56.6 Å². The molecule has 1 saturated heterocycles. The van der Waals surface area contributed by atoms with Crippen LogP contribution in [0.3, 0.4) is 0 Å². The fourth-order valence-electron chi connectivity index (χ4n) is 5.10. The fraction of sp³-hybridized carbons (Fsp3) is 0.552. The second-order valence-corrected chi connectivity index (χ2v) is 27.6. The van der Waals surface area contributed by atoms with Gasteiger partial charge in [-0.15, -0.1) is 0 Å². The summed E-state index contributed by atoms with van der Waals surface area (Å²) >= 11 is 4.10.